The Bertz CT molecular complexity index is 112. The molecule has 0 N–H and O–H groups in total. The van der Waals surface area contributed by atoms with E-state index in [0.717, 1.165) is 6.92 Å². The van der Waals surface area contributed by atoms with Crippen LogP contribution in [0.25, 0.3) is 0 Å². The van der Waals surface area contributed by atoms with E-state index in [9.17, 15) is 13.0 Å². The molecule has 0 amide bonds. The van der Waals surface area contributed by atoms with E-state index < -0.39 is 22.4 Å². The Hall–Kier alpha value is 0.300. The first kappa shape index (κ1) is 9.30. The van der Waals surface area contributed by atoms with Crippen LogP contribution in [0.4, 0.5) is 8.78 Å². The minimum atomic E-state index is -2.75. The Morgan fingerprint density at radius 1 is 1.67 bits per heavy atom. The summed E-state index contributed by atoms with van der Waals surface area (Å²) in [5.74, 6) is -2.89. The largest absolute Gasteiger partial charge is 0.246 e. The van der Waals surface area contributed by atoms with Crippen LogP contribution in [0.1, 0.15) is 13.3 Å². The zero-order valence-corrected chi connectivity index (χ0v) is 6.44. The van der Waals surface area contributed by atoms with Crippen LogP contribution < -0.4 is 0 Å². The molecule has 5 heteroatoms. The van der Waals surface area contributed by atoms with Gasteiger partial charge < -0.3 is 0 Å². The van der Waals surface area contributed by atoms with Gasteiger partial charge in [0.15, 0.2) is 0 Å². The molecule has 0 saturated heterocycles. The van der Waals surface area contributed by atoms with Crippen LogP contribution in [0, 0.1) is 0 Å². The lowest BCUT2D eigenvalue weighted by Gasteiger charge is -2.06. The van der Waals surface area contributed by atoms with Crippen LogP contribution in [0.15, 0.2) is 0 Å². The van der Waals surface area contributed by atoms with Crippen molar-refractivity contribution in [3.8, 4) is 0 Å². The van der Waals surface area contributed by atoms with Gasteiger partial charge in [-0.15, -0.1) is 0 Å². The average molecular weight is 177 g/mol. The van der Waals surface area contributed by atoms with Crippen molar-refractivity contribution in [2.45, 2.75) is 19.3 Å². The van der Waals surface area contributed by atoms with Crippen molar-refractivity contribution in [2.24, 2.45) is 0 Å². The number of hydrogen-bond donors (Lipinski definition) is 0. The third kappa shape index (κ3) is 8.30. The standard InChI is InChI=1S/C4H7ClF2OS/c1-4(6,7)2-3-9(5)8/h2-3H2,1H3. The second-order valence-electron chi connectivity index (χ2n) is 1.81. The maximum absolute atomic E-state index is 11.9. The molecule has 56 valence electrons. The summed E-state index contributed by atoms with van der Waals surface area (Å²) in [4.78, 5) is 0. The summed E-state index contributed by atoms with van der Waals surface area (Å²) in [5.41, 5.74) is 0. The van der Waals surface area contributed by atoms with Gasteiger partial charge in [0.1, 0.15) is 10.0 Å². The van der Waals surface area contributed by atoms with E-state index in [1.54, 1.807) is 0 Å². The molecule has 0 saturated carbocycles. The summed E-state index contributed by atoms with van der Waals surface area (Å²) in [7, 11) is 3.30. The highest BCUT2D eigenvalue weighted by Gasteiger charge is 2.20. The maximum atomic E-state index is 11.9. The van der Waals surface area contributed by atoms with Crippen LogP contribution in [-0.4, -0.2) is 15.9 Å². The number of alkyl halides is 2. The zero-order valence-electron chi connectivity index (χ0n) is 4.86. The molecule has 9 heavy (non-hydrogen) atoms. The van der Waals surface area contributed by atoms with E-state index in [1.165, 1.54) is 0 Å². The second-order valence-corrected chi connectivity index (χ2v) is 3.84. The quantitative estimate of drug-likeness (QED) is 0.601. The number of hydrogen-bond acceptors (Lipinski definition) is 1. The molecule has 1 atom stereocenters. The van der Waals surface area contributed by atoms with Gasteiger partial charge in [0.05, 0.1) is 0 Å². The van der Waals surface area contributed by atoms with E-state index in [4.69, 9.17) is 10.7 Å². The molecule has 0 aliphatic heterocycles. The van der Waals surface area contributed by atoms with Crippen molar-refractivity contribution in [1.29, 1.82) is 0 Å². The van der Waals surface area contributed by atoms with Crippen molar-refractivity contribution in [3.63, 3.8) is 0 Å². The lowest BCUT2D eigenvalue weighted by atomic mass is 10.3. The van der Waals surface area contributed by atoms with Gasteiger partial charge in [0.2, 0.25) is 5.92 Å². The van der Waals surface area contributed by atoms with Crippen molar-refractivity contribution >= 4 is 20.7 Å². The van der Waals surface area contributed by atoms with Gasteiger partial charge in [-0.25, -0.2) is 13.0 Å². The summed E-state index contributed by atoms with van der Waals surface area (Å²) in [6, 6.07) is 0. The summed E-state index contributed by atoms with van der Waals surface area (Å²) >= 11 is 0. The number of halogens is 3. The first-order valence-corrected chi connectivity index (χ1v) is 4.49. The minimum absolute atomic E-state index is 0.148. The molecule has 0 spiro atoms. The minimum Gasteiger partial charge on any atom is -0.243 e. The van der Waals surface area contributed by atoms with Crippen molar-refractivity contribution in [3.05, 3.63) is 0 Å². The van der Waals surface area contributed by atoms with Gasteiger partial charge >= 0.3 is 0 Å². The topological polar surface area (TPSA) is 17.1 Å². The predicted octanol–water partition coefficient (Wildman–Crippen LogP) is 1.93. The van der Waals surface area contributed by atoms with E-state index in [1.807, 2.05) is 0 Å². The Balaban J connectivity index is 3.39. The summed E-state index contributed by atoms with van der Waals surface area (Å²) in [6.45, 7) is 0.775. The zero-order chi connectivity index (χ0) is 7.49. The van der Waals surface area contributed by atoms with E-state index >= 15 is 0 Å². The van der Waals surface area contributed by atoms with Crippen LogP contribution in [0.2, 0.25) is 0 Å². The highest BCUT2D eigenvalue weighted by molar-refractivity contribution is 8.08. The van der Waals surface area contributed by atoms with E-state index in [-0.39, 0.29) is 5.75 Å². The molecule has 0 aliphatic carbocycles. The first-order chi connectivity index (χ1) is 3.92. The monoisotopic (exact) mass is 176 g/mol. The summed E-state index contributed by atoms with van der Waals surface area (Å²) < 4.78 is 33.8. The Kier molecular flexibility index (Phi) is 3.58. The van der Waals surface area contributed by atoms with E-state index in [0.29, 0.717) is 0 Å². The summed E-state index contributed by atoms with van der Waals surface area (Å²) in [6.07, 6.45) is -0.414. The van der Waals surface area contributed by atoms with Crippen LogP contribution in [0.3, 0.4) is 0 Å². The molecule has 0 aliphatic rings. The van der Waals surface area contributed by atoms with Gasteiger partial charge in [-0.1, -0.05) is 0 Å². The molecule has 0 radical (unpaired) electrons. The van der Waals surface area contributed by atoms with Gasteiger partial charge in [-0.3, -0.25) is 0 Å². The first-order valence-electron chi connectivity index (χ1n) is 2.34. The average Bonchev–Trinajstić information content (AvgIpc) is 1.59. The third-order valence-corrected chi connectivity index (χ3v) is 1.69. The molecule has 0 rings (SSSR count). The van der Waals surface area contributed by atoms with Crippen molar-refractivity contribution in [2.75, 3.05) is 5.75 Å². The van der Waals surface area contributed by atoms with Crippen molar-refractivity contribution in [1.82, 2.24) is 0 Å². The van der Waals surface area contributed by atoms with Crippen LogP contribution in [-0.2, 0) is 10.0 Å². The Labute approximate surface area is 59.3 Å². The lowest BCUT2D eigenvalue weighted by Crippen LogP contribution is -2.12. The molecule has 0 aromatic carbocycles. The molecule has 0 bridgehead atoms. The van der Waals surface area contributed by atoms with Gasteiger partial charge in [-0.05, 0) is 17.6 Å². The molecule has 0 heterocycles. The van der Waals surface area contributed by atoms with Gasteiger partial charge in [-0.2, -0.15) is 0 Å². The molecule has 0 fully saturated rings. The fourth-order valence-electron chi connectivity index (χ4n) is 0.259. The van der Waals surface area contributed by atoms with Gasteiger partial charge in [0, 0.05) is 12.2 Å². The maximum Gasteiger partial charge on any atom is 0.246 e. The molecule has 0 aromatic heterocycles. The fraction of sp³-hybridized carbons (Fsp3) is 1.00. The molecular weight excluding hydrogens is 170 g/mol. The third-order valence-electron chi connectivity index (χ3n) is 0.702. The predicted molar refractivity (Wildman–Crippen MR) is 34.1 cm³/mol. The smallest absolute Gasteiger partial charge is 0.243 e. The molecule has 0 aromatic rings. The van der Waals surface area contributed by atoms with Crippen LogP contribution in [0.5, 0.6) is 0 Å². The van der Waals surface area contributed by atoms with Crippen molar-refractivity contribution < 1.29 is 13.0 Å². The number of rotatable bonds is 3. The highest BCUT2D eigenvalue weighted by atomic mass is 35.7. The molecule has 1 unspecified atom stereocenters. The molecular formula is C4H7ClF2OS. The summed E-state index contributed by atoms with van der Waals surface area (Å²) in [5, 5.41) is 0. The van der Waals surface area contributed by atoms with E-state index in [2.05, 4.69) is 0 Å². The Morgan fingerprint density at radius 2 is 2.11 bits per heavy atom. The SMILES string of the molecule is CC(F)(F)CCS(=O)Cl. The lowest BCUT2D eigenvalue weighted by molar-refractivity contribution is 0.0192. The van der Waals surface area contributed by atoms with Gasteiger partial charge in [0.25, 0.3) is 0 Å². The second kappa shape index (κ2) is 3.46. The fourth-order valence-corrected chi connectivity index (χ4v) is 1.01. The van der Waals surface area contributed by atoms with Crippen LogP contribution >= 0.6 is 10.7 Å². The Morgan fingerprint density at radius 3 is 2.22 bits per heavy atom. The highest BCUT2D eigenvalue weighted by Crippen LogP contribution is 2.17. The molecule has 1 nitrogen and oxygen atoms in total. The normalized spacial score (nSPS) is 15.6.